The van der Waals surface area contributed by atoms with E-state index >= 15 is 0 Å². The molecule has 0 bridgehead atoms. The maximum absolute atomic E-state index is 12.0. The minimum atomic E-state index is -2.14. The molecule has 104 valence electrons. The quantitative estimate of drug-likeness (QED) is 0.615. The van der Waals surface area contributed by atoms with E-state index in [1.807, 2.05) is 0 Å². The monoisotopic (exact) mass is 266 g/mol. The first-order chi connectivity index (χ1) is 8.65. The molecular formula is C13H18N2O4. The number of pyridine rings is 1. The summed E-state index contributed by atoms with van der Waals surface area (Å²) in [5, 5.41) is 9.21. The second-order valence-electron chi connectivity index (χ2n) is 5.28. The van der Waals surface area contributed by atoms with Crippen LogP contribution in [0.5, 0.6) is 0 Å². The molecule has 0 amide bonds. The Morgan fingerprint density at radius 2 is 2.00 bits per heavy atom. The normalized spacial score (nSPS) is 14.5. The third-order valence-corrected chi connectivity index (χ3v) is 2.33. The molecule has 0 fully saturated rings. The van der Waals surface area contributed by atoms with Crippen LogP contribution in [0.25, 0.3) is 0 Å². The minimum absolute atomic E-state index is 0.224. The van der Waals surface area contributed by atoms with Gasteiger partial charge in [-0.15, -0.1) is 0 Å². The van der Waals surface area contributed by atoms with Gasteiger partial charge in [0.2, 0.25) is 5.54 Å². The van der Waals surface area contributed by atoms with Crippen molar-refractivity contribution in [1.29, 1.82) is 0 Å². The summed E-state index contributed by atoms with van der Waals surface area (Å²) in [5.74, 6) is -2.41. The van der Waals surface area contributed by atoms with Gasteiger partial charge >= 0.3 is 11.9 Å². The molecule has 0 aliphatic carbocycles. The van der Waals surface area contributed by atoms with Crippen LogP contribution in [0.3, 0.4) is 0 Å². The second kappa shape index (κ2) is 5.36. The lowest BCUT2D eigenvalue weighted by Crippen LogP contribution is -2.58. The number of rotatable bonds is 4. The zero-order valence-electron chi connectivity index (χ0n) is 11.2. The summed E-state index contributed by atoms with van der Waals surface area (Å²) in [4.78, 5) is 27.2. The Balaban J connectivity index is 2.98. The van der Waals surface area contributed by atoms with Crippen molar-refractivity contribution in [2.45, 2.75) is 38.3 Å². The van der Waals surface area contributed by atoms with E-state index < -0.39 is 23.1 Å². The van der Waals surface area contributed by atoms with E-state index in [1.54, 1.807) is 39.0 Å². The van der Waals surface area contributed by atoms with E-state index in [4.69, 9.17) is 10.5 Å². The Morgan fingerprint density at radius 1 is 1.37 bits per heavy atom. The highest BCUT2D eigenvalue weighted by Gasteiger charge is 2.45. The number of nitrogens with two attached hydrogens (primary N) is 1. The summed E-state index contributed by atoms with van der Waals surface area (Å²) >= 11 is 0. The van der Waals surface area contributed by atoms with Crippen molar-refractivity contribution < 1.29 is 19.4 Å². The number of aromatic nitrogens is 1. The number of esters is 1. The van der Waals surface area contributed by atoms with Crippen LogP contribution in [-0.2, 0) is 20.7 Å². The lowest BCUT2D eigenvalue weighted by atomic mass is 9.94. The predicted molar refractivity (Wildman–Crippen MR) is 68.3 cm³/mol. The van der Waals surface area contributed by atoms with Gasteiger partial charge in [-0.2, -0.15) is 0 Å². The van der Waals surface area contributed by atoms with Crippen molar-refractivity contribution >= 4 is 11.9 Å². The molecule has 1 aromatic heterocycles. The molecule has 3 N–H and O–H groups in total. The van der Waals surface area contributed by atoms with E-state index in [1.165, 1.54) is 6.20 Å². The Bertz CT molecular complexity index is 467. The highest BCUT2D eigenvalue weighted by atomic mass is 16.6. The van der Waals surface area contributed by atoms with Crippen LogP contribution in [0.15, 0.2) is 24.4 Å². The van der Waals surface area contributed by atoms with Gasteiger partial charge in [0.15, 0.2) is 0 Å². The van der Waals surface area contributed by atoms with E-state index in [0.717, 1.165) is 0 Å². The number of carboxylic acids is 1. The van der Waals surface area contributed by atoms with Gasteiger partial charge in [-0.3, -0.25) is 4.98 Å². The van der Waals surface area contributed by atoms with E-state index in [0.29, 0.717) is 5.69 Å². The van der Waals surface area contributed by atoms with E-state index in [-0.39, 0.29) is 6.42 Å². The molecule has 0 saturated heterocycles. The molecule has 0 spiro atoms. The number of aliphatic carboxylic acids is 1. The molecule has 1 heterocycles. The Kier molecular flexibility index (Phi) is 4.26. The number of hydrogen-bond donors (Lipinski definition) is 2. The number of carbonyl (C=O) groups excluding carboxylic acids is 1. The van der Waals surface area contributed by atoms with Gasteiger partial charge in [0, 0.05) is 18.3 Å². The van der Waals surface area contributed by atoms with Gasteiger partial charge < -0.3 is 15.6 Å². The summed E-state index contributed by atoms with van der Waals surface area (Å²) in [7, 11) is 0. The molecule has 6 heteroatoms. The van der Waals surface area contributed by atoms with Gasteiger partial charge in [-0.1, -0.05) is 6.07 Å². The van der Waals surface area contributed by atoms with Crippen LogP contribution in [-0.4, -0.2) is 33.2 Å². The highest BCUT2D eigenvalue weighted by Crippen LogP contribution is 2.17. The fraction of sp³-hybridized carbons (Fsp3) is 0.462. The topological polar surface area (TPSA) is 103 Å². The van der Waals surface area contributed by atoms with Crippen LogP contribution < -0.4 is 5.73 Å². The molecule has 0 radical (unpaired) electrons. The third kappa shape index (κ3) is 4.03. The molecule has 1 atom stereocenters. The minimum Gasteiger partial charge on any atom is -0.479 e. The van der Waals surface area contributed by atoms with Gasteiger partial charge in [0.25, 0.3) is 0 Å². The van der Waals surface area contributed by atoms with Crippen LogP contribution in [0.2, 0.25) is 0 Å². The predicted octanol–water partition coefficient (Wildman–Crippen LogP) is 0.748. The average Bonchev–Trinajstić information content (AvgIpc) is 2.27. The average molecular weight is 266 g/mol. The Hall–Kier alpha value is -1.95. The lowest BCUT2D eigenvalue weighted by molar-refractivity contribution is -0.169. The van der Waals surface area contributed by atoms with Gasteiger partial charge in [0.05, 0.1) is 0 Å². The van der Waals surface area contributed by atoms with Crippen molar-refractivity contribution in [3.8, 4) is 0 Å². The van der Waals surface area contributed by atoms with Crippen molar-refractivity contribution in [2.75, 3.05) is 0 Å². The molecular weight excluding hydrogens is 248 g/mol. The maximum atomic E-state index is 12.0. The lowest BCUT2D eigenvalue weighted by Gasteiger charge is -2.27. The zero-order chi connectivity index (χ0) is 14.7. The SMILES string of the molecule is CC(C)(C)OC(=O)[C@@](N)(Cc1ccccn1)C(=O)O. The Labute approximate surface area is 111 Å². The molecule has 0 aromatic carbocycles. The largest absolute Gasteiger partial charge is 0.479 e. The van der Waals surface area contributed by atoms with Crippen molar-refractivity contribution in [3.05, 3.63) is 30.1 Å². The molecule has 0 saturated carbocycles. The van der Waals surface area contributed by atoms with E-state index in [2.05, 4.69) is 4.98 Å². The molecule has 0 unspecified atom stereocenters. The molecule has 6 nitrogen and oxygen atoms in total. The Morgan fingerprint density at radius 3 is 2.42 bits per heavy atom. The summed E-state index contributed by atoms with van der Waals surface area (Å²) in [6.07, 6.45) is 1.28. The second-order valence-corrected chi connectivity index (χ2v) is 5.28. The molecule has 1 aromatic rings. The fourth-order valence-corrected chi connectivity index (χ4v) is 1.39. The van der Waals surface area contributed by atoms with Gasteiger partial charge in [-0.25, -0.2) is 9.59 Å². The first-order valence-electron chi connectivity index (χ1n) is 5.81. The number of hydrogen-bond acceptors (Lipinski definition) is 5. The van der Waals surface area contributed by atoms with Crippen LogP contribution in [0.4, 0.5) is 0 Å². The van der Waals surface area contributed by atoms with Crippen LogP contribution >= 0.6 is 0 Å². The summed E-state index contributed by atoms with van der Waals surface area (Å²) in [5.41, 5.74) is 3.18. The number of ether oxygens (including phenoxy) is 1. The van der Waals surface area contributed by atoms with Crippen molar-refractivity contribution in [2.24, 2.45) is 5.73 Å². The van der Waals surface area contributed by atoms with Gasteiger partial charge in [0.1, 0.15) is 5.60 Å². The number of carboxylic acid groups (broad SMARTS) is 1. The molecule has 19 heavy (non-hydrogen) atoms. The van der Waals surface area contributed by atoms with Crippen molar-refractivity contribution in [3.63, 3.8) is 0 Å². The highest BCUT2D eigenvalue weighted by molar-refractivity contribution is 6.04. The number of carbonyl (C=O) groups is 2. The standard InChI is InChI=1S/C13H18N2O4/c1-12(2,3)19-11(18)13(14,10(16)17)8-9-6-4-5-7-15-9/h4-7H,8,14H2,1-3H3,(H,16,17)/t13-/m1/s1. The smallest absolute Gasteiger partial charge is 0.338 e. The maximum Gasteiger partial charge on any atom is 0.338 e. The molecule has 1 rings (SSSR count). The molecule has 0 aliphatic rings. The summed E-state index contributed by atoms with van der Waals surface area (Å²) in [6, 6.07) is 4.99. The zero-order valence-corrected chi connectivity index (χ0v) is 11.2. The molecule has 0 aliphatic heterocycles. The summed E-state index contributed by atoms with van der Waals surface area (Å²) < 4.78 is 5.06. The number of nitrogens with zero attached hydrogens (tertiary/aromatic N) is 1. The van der Waals surface area contributed by atoms with Crippen LogP contribution in [0.1, 0.15) is 26.5 Å². The fourth-order valence-electron chi connectivity index (χ4n) is 1.39. The third-order valence-electron chi connectivity index (χ3n) is 2.33. The van der Waals surface area contributed by atoms with E-state index in [9.17, 15) is 14.7 Å². The van der Waals surface area contributed by atoms with Crippen molar-refractivity contribution in [1.82, 2.24) is 4.98 Å². The summed E-state index contributed by atoms with van der Waals surface area (Å²) in [6.45, 7) is 4.94. The first kappa shape index (κ1) is 15.1. The van der Waals surface area contributed by atoms with Crippen LogP contribution in [0, 0.1) is 0 Å². The van der Waals surface area contributed by atoms with Gasteiger partial charge in [-0.05, 0) is 32.9 Å². The first-order valence-corrected chi connectivity index (χ1v) is 5.81.